The maximum absolute atomic E-state index is 14.5. The molecule has 3 saturated heterocycles. The molecule has 0 bridgehead atoms. The van der Waals surface area contributed by atoms with Crippen molar-refractivity contribution < 1.29 is 81.0 Å². The summed E-state index contributed by atoms with van der Waals surface area (Å²) in [6.07, 6.45) is 5.15. The van der Waals surface area contributed by atoms with E-state index in [0.29, 0.717) is 68.8 Å². The number of carbonyl (C=O) groups excluding carboxylic acids is 8. The zero-order chi connectivity index (χ0) is 78.3. The van der Waals surface area contributed by atoms with E-state index in [-0.39, 0.29) is 126 Å². The Morgan fingerprint density at radius 2 is 1.33 bits per heavy atom. The fraction of sp³-hybridized carbons (Fsp3) is 0.470. The fourth-order valence-electron chi connectivity index (χ4n) is 13.8. The number of piperazine rings is 1. The molecule has 6 aliphatic rings. The number of unbranched alkanes of at least 4 members (excludes halogenated alkanes) is 2. The summed E-state index contributed by atoms with van der Waals surface area (Å²) in [6.45, 7) is 17.6. The predicted molar refractivity (Wildman–Crippen MR) is 418 cm³/mol. The van der Waals surface area contributed by atoms with Crippen LogP contribution in [0.15, 0.2) is 131 Å². The number of ether oxygens (including phenoxy) is 9. The molecule has 28 heteroatoms. The fourth-order valence-corrected chi connectivity index (χ4v) is 13.8. The summed E-state index contributed by atoms with van der Waals surface area (Å²) in [5.74, 6) is -2.00. The number of nitrogens with one attached hydrogen (secondary N) is 3. The van der Waals surface area contributed by atoms with Crippen LogP contribution in [0.25, 0.3) is 0 Å². The van der Waals surface area contributed by atoms with Crippen LogP contribution in [0.4, 0.5) is 33.2 Å². The molecule has 0 spiro atoms. The number of likely N-dealkylation sites (tertiary alicyclic amines) is 1. The van der Waals surface area contributed by atoms with E-state index in [1.807, 2.05) is 26.0 Å². The van der Waals surface area contributed by atoms with Gasteiger partial charge in [0.1, 0.15) is 12.4 Å². The number of anilines is 3. The number of imide groups is 1. The van der Waals surface area contributed by atoms with Crippen LogP contribution in [-0.2, 0) is 76.6 Å². The summed E-state index contributed by atoms with van der Waals surface area (Å²) in [7, 11) is 3.68. The SMILES string of the molecule is C=C1CC(C2OCCN2C(=O)OCc2ccc(NC(=O)[C@H](C)CC(=O)[C@@H](NC(=O)CCOCCOCCOCCOCCNC(=O)CCN3C(=O)C=CC3=O)C(C)C)cc2)N(C(=O)c2cc(OC)c(OCCCCCOc3ccc(C4=Nc5ccc(C6=Nc7cc(N8CCN(C)CC8)ccc7C6)cc5C4)cc3)cc2N)C1. The topological polar surface area (TPSA) is 323 Å². The van der Waals surface area contributed by atoms with E-state index in [1.54, 1.807) is 48.2 Å². The number of aliphatic imine (C=N–C) groups is 2. The second kappa shape index (κ2) is 40.0. The average Bonchev–Trinajstić information content (AvgIpc) is 1.64. The van der Waals surface area contributed by atoms with Gasteiger partial charge in [-0.1, -0.05) is 57.2 Å². The Hall–Kier alpha value is -10.4. The van der Waals surface area contributed by atoms with Crippen molar-refractivity contribution in [2.24, 2.45) is 21.8 Å². The number of nitrogens with zero attached hydrogens (tertiary/aromatic N) is 7. The summed E-state index contributed by atoms with van der Waals surface area (Å²) >= 11 is 0. The van der Waals surface area contributed by atoms with Crippen molar-refractivity contribution >= 4 is 87.2 Å². The molecule has 0 aromatic heterocycles. The van der Waals surface area contributed by atoms with Crippen molar-refractivity contribution in [1.82, 2.24) is 30.2 Å². The minimum absolute atomic E-state index is 0.00665. The highest BCUT2D eigenvalue weighted by Gasteiger charge is 2.45. The number of rotatable bonds is 41. The molecule has 3 fully saturated rings. The number of carbonyl (C=O) groups is 8. The van der Waals surface area contributed by atoms with Gasteiger partial charge in [-0.05, 0) is 133 Å². The molecule has 5 N–H and O–H groups in total. The lowest BCUT2D eigenvalue weighted by molar-refractivity contribution is -0.137. The van der Waals surface area contributed by atoms with Crippen LogP contribution in [0.1, 0.15) is 104 Å². The van der Waals surface area contributed by atoms with Crippen molar-refractivity contribution in [3.8, 4) is 17.2 Å². The van der Waals surface area contributed by atoms with Gasteiger partial charge in [-0.15, -0.1) is 0 Å². The zero-order valence-corrected chi connectivity index (χ0v) is 64.1. The standard InChI is InChI=1S/C83H103N11O17/c1-54(2)79(89-76(97)25-35-104-38-40-106-42-43-107-41-39-105-36-26-85-75(96)24-27-92-77(98)22-23-78(92)99)72(95)45-56(4)80(100)86-62-16-10-57(11-17-62)53-111-83(102)93-32-37-110-82(93)71-44-55(3)52-94(71)81(101)65-50-73(103-6)74(51-66(65)84)109-34-9-7-8-33-108-64-19-13-58(14-20-64)68-48-61-46-59(15-21-67(61)87-68)69-47-60-12-18-63(49-70(60)88-69)91-30-28-90(5)29-31-91/h10-23,46,49-51,54,56,71,79,82H,3,7-9,24-45,47-48,52-53,84H2,1-2,4-6H3,(H,85,96)(H,86,100)(H,89,97)/t56-,71?,79+,82?/m1/s1. The summed E-state index contributed by atoms with van der Waals surface area (Å²) in [5, 5.41) is 8.32. The lowest BCUT2D eigenvalue weighted by Gasteiger charge is -2.34. The molecule has 0 aliphatic carbocycles. The van der Waals surface area contributed by atoms with Gasteiger partial charge >= 0.3 is 6.09 Å². The molecular weight excluding hydrogens is 1420 g/mol. The van der Waals surface area contributed by atoms with Crippen LogP contribution in [0.2, 0.25) is 0 Å². The number of amides is 7. The third kappa shape index (κ3) is 22.7. The Morgan fingerprint density at radius 1 is 0.667 bits per heavy atom. The maximum Gasteiger partial charge on any atom is 0.412 e. The summed E-state index contributed by atoms with van der Waals surface area (Å²) < 4.78 is 52.0. The Kier molecular flexibility index (Phi) is 29.4. The molecule has 4 atom stereocenters. The molecule has 111 heavy (non-hydrogen) atoms. The Bertz CT molecular complexity index is 4220. The number of hydrogen-bond donors (Lipinski definition) is 4. The van der Waals surface area contributed by atoms with Gasteiger partial charge in [-0.25, -0.2) is 4.79 Å². The second-order valence-electron chi connectivity index (χ2n) is 28.8. The van der Waals surface area contributed by atoms with E-state index >= 15 is 0 Å². The van der Waals surface area contributed by atoms with Crippen LogP contribution >= 0.6 is 0 Å². The number of hydrogen-bond acceptors (Lipinski definition) is 22. The Morgan fingerprint density at radius 3 is 2.05 bits per heavy atom. The molecule has 5 aromatic carbocycles. The minimum atomic E-state index is -0.830. The molecule has 6 aliphatic heterocycles. The number of nitrogens with two attached hydrogens (primary N) is 1. The third-order valence-electron chi connectivity index (χ3n) is 20.2. The predicted octanol–water partition coefficient (Wildman–Crippen LogP) is 8.34. The van der Waals surface area contributed by atoms with Gasteiger partial charge in [0.05, 0.1) is 127 Å². The average molecular weight is 1530 g/mol. The van der Waals surface area contributed by atoms with Crippen molar-refractivity contribution in [1.29, 1.82) is 0 Å². The van der Waals surface area contributed by atoms with Gasteiger partial charge in [-0.2, -0.15) is 0 Å². The van der Waals surface area contributed by atoms with E-state index in [9.17, 15) is 38.4 Å². The first-order valence-electron chi connectivity index (χ1n) is 38.3. The van der Waals surface area contributed by atoms with Crippen LogP contribution in [0, 0.1) is 11.8 Å². The summed E-state index contributed by atoms with van der Waals surface area (Å²) in [4.78, 5) is 122. The molecule has 11 rings (SSSR count). The zero-order valence-electron chi connectivity index (χ0n) is 64.1. The van der Waals surface area contributed by atoms with Crippen molar-refractivity contribution in [3.63, 3.8) is 0 Å². The highest BCUT2D eigenvalue weighted by Crippen LogP contribution is 2.39. The van der Waals surface area contributed by atoms with Crippen LogP contribution < -0.4 is 40.8 Å². The van der Waals surface area contributed by atoms with Crippen molar-refractivity contribution in [3.05, 3.63) is 155 Å². The van der Waals surface area contributed by atoms with Gasteiger partial charge in [0, 0.05) is 119 Å². The molecule has 0 saturated carbocycles. The van der Waals surface area contributed by atoms with E-state index < -0.39 is 48.0 Å². The first-order valence-corrected chi connectivity index (χ1v) is 38.3. The van der Waals surface area contributed by atoms with Gasteiger partial charge in [0.15, 0.2) is 23.5 Å². The smallest absolute Gasteiger partial charge is 0.412 e. The molecule has 592 valence electrons. The number of Topliss-reactive ketones (excluding diaryl/α,β-unsaturated/α-hetero) is 1. The molecule has 7 amide bonds. The lowest BCUT2D eigenvalue weighted by Crippen LogP contribution is -2.50. The van der Waals surface area contributed by atoms with E-state index in [1.165, 1.54) is 41.0 Å². The first kappa shape index (κ1) is 81.6. The van der Waals surface area contributed by atoms with Gasteiger partial charge in [0.2, 0.25) is 17.7 Å². The van der Waals surface area contributed by atoms with E-state index in [2.05, 4.69) is 87.9 Å². The maximum atomic E-state index is 14.5. The molecular formula is C83H103N11O17. The highest BCUT2D eigenvalue weighted by atomic mass is 16.6. The Labute approximate surface area is 647 Å². The van der Waals surface area contributed by atoms with Crippen LogP contribution in [0.5, 0.6) is 17.2 Å². The van der Waals surface area contributed by atoms with Gasteiger partial charge < -0.3 is 79.0 Å². The first-order chi connectivity index (χ1) is 53.7. The number of benzene rings is 5. The summed E-state index contributed by atoms with van der Waals surface area (Å²) in [6, 6.07) is 29.9. The molecule has 5 aromatic rings. The number of fused-ring (bicyclic) bond motifs is 2. The molecule has 28 nitrogen and oxygen atoms in total. The normalized spacial score (nSPS) is 17.2. The van der Waals surface area contributed by atoms with Crippen molar-refractivity contribution in [2.45, 2.75) is 103 Å². The van der Waals surface area contributed by atoms with Gasteiger partial charge in [-0.3, -0.25) is 53.3 Å². The van der Waals surface area contributed by atoms with E-state index in [0.717, 1.165) is 108 Å². The van der Waals surface area contributed by atoms with Gasteiger partial charge in [0.25, 0.3) is 17.7 Å². The Balaban J connectivity index is 0.535. The largest absolute Gasteiger partial charge is 0.494 e. The van der Waals surface area contributed by atoms with Crippen molar-refractivity contribution in [2.75, 3.05) is 155 Å². The number of ketones is 1. The number of methoxy groups -OCH3 is 1. The number of likely N-dealkylation sites (N-methyl/N-ethyl adjacent to an activating group) is 1. The molecule has 0 radical (unpaired) electrons. The van der Waals surface area contributed by atoms with Crippen LogP contribution in [-0.4, -0.2) is 236 Å². The minimum Gasteiger partial charge on any atom is -0.494 e. The quantitative estimate of drug-likeness (QED) is 0.0124. The highest BCUT2D eigenvalue weighted by molar-refractivity contribution is 6.13. The second-order valence-corrected chi connectivity index (χ2v) is 28.8. The molecule has 2 unspecified atom stereocenters. The van der Waals surface area contributed by atoms with Crippen LogP contribution in [0.3, 0.4) is 0 Å². The lowest BCUT2D eigenvalue weighted by atomic mass is 9.92. The van der Waals surface area contributed by atoms with E-state index in [4.69, 9.17) is 58.4 Å². The summed E-state index contributed by atoms with van der Waals surface area (Å²) in [5.41, 5.74) is 19.0. The number of nitrogen functional groups attached to an aromatic ring is 1. The molecule has 6 heterocycles. The third-order valence-corrected chi connectivity index (χ3v) is 20.2. The monoisotopic (exact) mass is 1530 g/mol.